The molecule has 0 aromatic carbocycles. The molecule has 21 heavy (non-hydrogen) atoms. The second-order valence-electron chi connectivity index (χ2n) is 6.15. The molecule has 0 aromatic heterocycles. The largest absolute Gasteiger partial charge is 0.340 e. The molecule has 2 fully saturated rings. The molecule has 1 aliphatic heterocycles. The summed E-state index contributed by atoms with van der Waals surface area (Å²) >= 11 is 0. The minimum atomic E-state index is -3.01. The molecule has 1 unspecified atom stereocenters. The van der Waals surface area contributed by atoms with E-state index in [0.29, 0.717) is 6.42 Å². The van der Waals surface area contributed by atoms with Crippen molar-refractivity contribution < 1.29 is 18.0 Å². The van der Waals surface area contributed by atoms with E-state index in [1.165, 1.54) is 11.8 Å². The van der Waals surface area contributed by atoms with Gasteiger partial charge in [-0.25, -0.2) is 8.42 Å². The molecule has 7 heteroatoms. The van der Waals surface area contributed by atoms with E-state index in [0.717, 1.165) is 25.7 Å². The van der Waals surface area contributed by atoms with Crippen LogP contribution in [0.1, 0.15) is 39.0 Å². The van der Waals surface area contributed by atoms with Gasteiger partial charge in [0.15, 0.2) is 9.84 Å². The van der Waals surface area contributed by atoms with Crippen molar-refractivity contribution in [3.05, 3.63) is 0 Å². The molecule has 1 saturated heterocycles. The SMILES string of the molecule is CC(=O)N(CC(=O)N(C)C1CCS(=O)(=O)C1)C1CCCC1. The molecule has 120 valence electrons. The van der Waals surface area contributed by atoms with Crippen molar-refractivity contribution >= 4 is 21.7 Å². The highest BCUT2D eigenvalue weighted by atomic mass is 32.2. The highest BCUT2D eigenvalue weighted by molar-refractivity contribution is 7.91. The number of likely N-dealkylation sites (N-methyl/N-ethyl adjacent to an activating group) is 1. The van der Waals surface area contributed by atoms with Crippen molar-refractivity contribution in [3.8, 4) is 0 Å². The molecule has 1 atom stereocenters. The lowest BCUT2D eigenvalue weighted by atomic mass is 10.2. The van der Waals surface area contributed by atoms with Gasteiger partial charge in [-0.2, -0.15) is 0 Å². The lowest BCUT2D eigenvalue weighted by Crippen LogP contribution is -2.47. The van der Waals surface area contributed by atoms with Crippen LogP contribution in [0.5, 0.6) is 0 Å². The third-order valence-corrected chi connectivity index (χ3v) is 6.38. The molecule has 2 amide bonds. The number of rotatable bonds is 4. The van der Waals surface area contributed by atoms with Crippen LogP contribution in [0.25, 0.3) is 0 Å². The smallest absolute Gasteiger partial charge is 0.242 e. The van der Waals surface area contributed by atoms with Crippen LogP contribution in [0.15, 0.2) is 0 Å². The molecule has 1 heterocycles. The molecule has 1 aliphatic carbocycles. The maximum absolute atomic E-state index is 12.3. The maximum atomic E-state index is 12.3. The van der Waals surface area contributed by atoms with Gasteiger partial charge in [-0.3, -0.25) is 9.59 Å². The van der Waals surface area contributed by atoms with Gasteiger partial charge >= 0.3 is 0 Å². The number of carbonyl (C=O) groups is 2. The second-order valence-corrected chi connectivity index (χ2v) is 8.38. The first-order valence-corrected chi connectivity index (χ1v) is 9.35. The molecular weight excluding hydrogens is 292 g/mol. The van der Waals surface area contributed by atoms with Gasteiger partial charge < -0.3 is 9.80 Å². The van der Waals surface area contributed by atoms with Crippen molar-refractivity contribution in [3.63, 3.8) is 0 Å². The molecule has 0 N–H and O–H groups in total. The fraction of sp³-hybridized carbons (Fsp3) is 0.857. The van der Waals surface area contributed by atoms with Crippen LogP contribution in [0.4, 0.5) is 0 Å². The summed E-state index contributed by atoms with van der Waals surface area (Å²) in [5, 5.41) is 0. The topological polar surface area (TPSA) is 74.8 Å². The van der Waals surface area contributed by atoms with Crippen LogP contribution in [0.3, 0.4) is 0 Å². The number of hydrogen-bond acceptors (Lipinski definition) is 4. The highest BCUT2D eigenvalue weighted by Crippen LogP contribution is 2.24. The average Bonchev–Trinajstić information content (AvgIpc) is 3.03. The predicted octanol–water partition coefficient (Wildman–Crippen LogP) is 0.423. The first kappa shape index (κ1) is 16.3. The number of carbonyl (C=O) groups excluding carboxylic acids is 2. The molecule has 6 nitrogen and oxygen atoms in total. The Balaban J connectivity index is 1.97. The minimum absolute atomic E-state index is 0.0404. The lowest BCUT2D eigenvalue weighted by Gasteiger charge is -2.31. The highest BCUT2D eigenvalue weighted by Gasteiger charge is 2.34. The number of hydrogen-bond donors (Lipinski definition) is 0. The van der Waals surface area contributed by atoms with Gasteiger partial charge in [0.2, 0.25) is 11.8 Å². The Labute approximate surface area is 126 Å². The van der Waals surface area contributed by atoms with Gasteiger partial charge in [-0.1, -0.05) is 12.8 Å². The van der Waals surface area contributed by atoms with E-state index in [-0.39, 0.29) is 41.9 Å². The summed E-state index contributed by atoms with van der Waals surface area (Å²) in [5.41, 5.74) is 0. The van der Waals surface area contributed by atoms with Gasteiger partial charge in [-0.05, 0) is 19.3 Å². The molecule has 0 spiro atoms. The summed E-state index contributed by atoms with van der Waals surface area (Å²) in [5.74, 6) is -0.0607. The lowest BCUT2D eigenvalue weighted by molar-refractivity contribution is -0.141. The van der Waals surface area contributed by atoms with Crippen molar-refractivity contribution in [2.75, 3.05) is 25.1 Å². The zero-order chi connectivity index (χ0) is 15.6. The van der Waals surface area contributed by atoms with Gasteiger partial charge in [0.25, 0.3) is 0 Å². The second kappa shape index (κ2) is 6.34. The van der Waals surface area contributed by atoms with E-state index >= 15 is 0 Å². The Bertz CT molecular complexity index is 511. The maximum Gasteiger partial charge on any atom is 0.242 e. The fourth-order valence-corrected chi connectivity index (χ4v) is 5.03. The zero-order valence-corrected chi connectivity index (χ0v) is 13.6. The van der Waals surface area contributed by atoms with E-state index in [1.807, 2.05) is 0 Å². The van der Waals surface area contributed by atoms with Crippen LogP contribution in [0, 0.1) is 0 Å². The van der Waals surface area contributed by atoms with Crippen LogP contribution < -0.4 is 0 Å². The molecule has 2 aliphatic rings. The summed E-state index contributed by atoms with van der Waals surface area (Å²) in [6.07, 6.45) is 4.59. The van der Waals surface area contributed by atoms with E-state index in [1.54, 1.807) is 11.9 Å². The van der Waals surface area contributed by atoms with E-state index in [4.69, 9.17) is 0 Å². The third kappa shape index (κ3) is 3.96. The Morgan fingerprint density at radius 1 is 1.10 bits per heavy atom. The zero-order valence-electron chi connectivity index (χ0n) is 12.7. The van der Waals surface area contributed by atoms with Crippen LogP contribution >= 0.6 is 0 Å². The fourth-order valence-electron chi connectivity index (χ4n) is 3.26. The predicted molar refractivity (Wildman–Crippen MR) is 79.5 cm³/mol. The summed E-state index contributed by atoms with van der Waals surface area (Å²) < 4.78 is 23.0. The summed E-state index contributed by atoms with van der Waals surface area (Å²) in [4.78, 5) is 27.3. The molecule has 0 radical (unpaired) electrons. The molecule has 0 aromatic rings. The first-order valence-electron chi connectivity index (χ1n) is 7.53. The Morgan fingerprint density at radius 2 is 1.71 bits per heavy atom. The van der Waals surface area contributed by atoms with Crippen molar-refractivity contribution in [1.82, 2.24) is 9.80 Å². The quantitative estimate of drug-likeness (QED) is 0.753. The van der Waals surface area contributed by atoms with Gasteiger partial charge in [0.05, 0.1) is 18.1 Å². The summed E-state index contributed by atoms with van der Waals surface area (Å²) in [7, 11) is -1.37. The number of amides is 2. The number of nitrogens with zero attached hydrogens (tertiary/aromatic N) is 2. The van der Waals surface area contributed by atoms with E-state index in [9.17, 15) is 18.0 Å². The van der Waals surface area contributed by atoms with Crippen molar-refractivity contribution in [2.24, 2.45) is 0 Å². The minimum Gasteiger partial charge on any atom is -0.340 e. The Kier molecular flexibility index (Phi) is 4.91. The van der Waals surface area contributed by atoms with Crippen LogP contribution in [0.2, 0.25) is 0 Å². The molecule has 1 saturated carbocycles. The van der Waals surface area contributed by atoms with Gasteiger partial charge in [0.1, 0.15) is 0 Å². The molecule has 0 bridgehead atoms. The van der Waals surface area contributed by atoms with Crippen molar-refractivity contribution in [1.29, 1.82) is 0 Å². The van der Waals surface area contributed by atoms with E-state index < -0.39 is 9.84 Å². The van der Waals surface area contributed by atoms with Gasteiger partial charge in [-0.15, -0.1) is 0 Å². The Morgan fingerprint density at radius 3 is 2.19 bits per heavy atom. The summed E-state index contributed by atoms with van der Waals surface area (Å²) in [6, 6.07) is -0.0907. The monoisotopic (exact) mass is 316 g/mol. The summed E-state index contributed by atoms with van der Waals surface area (Å²) in [6.45, 7) is 1.55. The van der Waals surface area contributed by atoms with E-state index in [2.05, 4.69) is 0 Å². The third-order valence-electron chi connectivity index (χ3n) is 4.63. The Hall–Kier alpha value is -1.11. The first-order chi connectivity index (χ1) is 9.80. The number of sulfone groups is 1. The molecule has 2 rings (SSSR count). The van der Waals surface area contributed by atoms with Crippen LogP contribution in [-0.4, -0.2) is 67.2 Å². The average molecular weight is 316 g/mol. The van der Waals surface area contributed by atoms with Gasteiger partial charge in [0, 0.05) is 26.1 Å². The molecular formula is C14H24N2O4S. The standard InChI is InChI=1S/C14H24N2O4S/c1-11(17)16(12-5-3-4-6-12)9-14(18)15(2)13-7-8-21(19,20)10-13/h12-13H,3-10H2,1-2H3. The van der Waals surface area contributed by atoms with Crippen LogP contribution in [-0.2, 0) is 19.4 Å². The van der Waals surface area contributed by atoms with Crippen molar-refractivity contribution in [2.45, 2.75) is 51.1 Å². The normalized spacial score (nSPS) is 25.0.